The van der Waals surface area contributed by atoms with Crippen LogP contribution in [0.25, 0.3) is 0 Å². The van der Waals surface area contributed by atoms with E-state index in [9.17, 15) is 14.7 Å². The third-order valence-electron chi connectivity index (χ3n) is 6.55. The lowest BCUT2D eigenvalue weighted by Crippen LogP contribution is -2.31. The van der Waals surface area contributed by atoms with E-state index in [1.54, 1.807) is 23.1 Å². The highest BCUT2D eigenvalue weighted by molar-refractivity contribution is 8.01. The number of thioether (sulfide) groups is 1. The molecule has 214 valence electrons. The Bertz CT molecular complexity index is 1240. The fraction of sp³-hybridized carbons (Fsp3) is 0.448. The highest BCUT2D eigenvalue weighted by atomic mass is 32.2. The predicted molar refractivity (Wildman–Crippen MR) is 153 cm³/mol. The minimum absolute atomic E-state index is 0.00232. The fourth-order valence-electron chi connectivity index (χ4n) is 4.34. The van der Waals surface area contributed by atoms with Crippen LogP contribution in [0.1, 0.15) is 78.2 Å². The van der Waals surface area contributed by atoms with Crippen molar-refractivity contribution in [2.45, 2.75) is 81.4 Å². The van der Waals surface area contributed by atoms with Gasteiger partial charge in [-0.2, -0.15) is 0 Å². The van der Waals surface area contributed by atoms with Crippen molar-refractivity contribution in [3.8, 4) is 0 Å². The SMILES string of the molecule is Cc1nnc(SCC2CC(c3ccc(CO)cc3)OC(c3ccc(CNC(=O)CCCCCC(=O)O)cc3)O2)s1. The van der Waals surface area contributed by atoms with Crippen molar-refractivity contribution >= 4 is 35.0 Å². The number of aliphatic hydroxyl groups excluding tert-OH is 1. The Labute approximate surface area is 242 Å². The normalized spacial score (nSPS) is 18.9. The van der Waals surface area contributed by atoms with Crippen LogP contribution in [0.15, 0.2) is 52.9 Å². The van der Waals surface area contributed by atoms with Gasteiger partial charge in [0, 0.05) is 37.1 Å². The minimum Gasteiger partial charge on any atom is -0.481 e. The number of amides is 1. The molecular formula is C29H35N3O6S2. The molecule has 0 radical (unpaired) electrons. The van der Waals surface area contributed by atoms with Gasteiger partial charge in [0.25, 0.3) is 0 Å². The standard InChI is InChI=1S/C29H35N3O6S2/c1-19-31-32-29(40-19)39-18-24-15-25(22-11-9-21(17-33)10-12-22)38-28(37-24)23-13-7-20(8-14-23)16-30-26(34)5-3-2-4-6-27(35)36/h7-14,24-25,28,33H,2-6,15-18H2,1H3,(H,30,34)(H,35,36). The summed E-state index contributed by atoms with van der Waals surface area (Å²) in [6, 6.07) is 15.7. The van der Waals surface area contributed by atoms with Crippen molar-refractivity contribution < 1.29 is 29.3 Å². The molecule has 9 nitrogen and oxygen atoms in total. The number of ether oxygens (including phenoxy) is 2. The van der Waals surface area contributed by atoms with Gasteiger partial charge in [-0.1, -0.05) is 78.1 Å². The number of carbonyl (C=O) groups excluding carboxylic acids is 1. The molecule has 4 rings (SSSR count). The molecule has 0 bridgehead atoms. The smallest absolute Gasteiger partial charge is 0.303 e. The number of carboxylic acids is 1. The summed E-state index contributed by atoms with van der Waals surface area (Å²) in [6.07, 6.45) is 2.43. The van der Waals surface area contributed by atoms with Gasteiger partial charge in [-0.25, -0.2) is 0 Å². The van der Waals surface area contributed by atoms with Crippen LogP contribution in [-0.4, -0.2) is 44.1 Å². The summed E-state index contributed by atoms with van der Waals surface area (Å²) in [5.74, 6) is -0.124. The van der Waals surface area contributed by atoms with Crippen LogP contribution in [0.5, 0.6) is 0 Å². The first-order valence-corrected chi connectivity index (χ1v) is 15.2. The Morgan fingerprint density at radius 1 is 0.975 bits per heavy atom. The third kappa shape index (κ3) is 9.38. The van der Waals surface area contributed by atoms with Gasteiger partial charge in [-0.05, 0) is 36.5 Å². The van der Waals surface area contributed by atoms with Crippen molar-refractivity contribution in [3.63, 3.8) is 0 Å². The summed E-state index contributed by atoms with van der Waals surface area (Å²) in [4.78, 5) is 22.7. The van der Waals surface area contributed by atoms with Crippen molar-refractivity contribution in [2.75, 3.05) is 5.75 Å². The summed E-state index contributed by atoms with van der Waals surface area (Å²) in [6.45, 7) is 2.35. The summed E-state index contributed by atoms with van der Waals surface area (Å²) in [5.41, 5.74) is 3.75. The van der Waals surface area contributed by atoms with Gasteiger partial charge in [0.1, 0.15) is 5.01 Å². The molecule has 3 unspecified atom stereocenters. The van der Waals surface area contributed by atoms with Gasteiger partial charge < -0.3 is 25.0 Å². The predicted octanol–water partition coefficient (Wildman–Crippen LogP) is 5.33. The molecule has 3 aromatic rings. The molecule has 1 aliphatic rings. The zero-order valence-electron chi connectivity index (χ0n) is 22.5. The van der Waals surface area contributed by atoms with Crippen LogP contribution >= 0.6 is 23.1 Å². The average molecular weight is 586 g/mol. The summed E-state index contributed by atoms with van der Waals surface area (Å²) >= 11 is 3.20. The molecule has 3 N–H and O–H groups in total. The van der Waals surface area contributed by atoms with Crippen LogP contribution in [0.2, 0.25) is 0 Å². The second kappa shape index (κ2) is 15.2. The van der Waals surface area contributed by atoms with Crippen molar-refractivity contribution in [2.24, 2.45) is 0 Å². The zero-order chi connectivity index (χ0) is 28.3. The second-order valence-corrected chi connectivity index (χ2v) is 12.2. The third-order valence-corrected chi connectivity index (χ3v) is 8.66. The minimum atomic E-state index is -0.804. The summed E-state index contributed by atoms with van der Waals surface area (Å²) in [5, 5.41) is 30.3. The van der Waals surface area contributed by atoms with Crippen LogP contribution in [0.4, 0.5) is 0 Å². The number of hydrogen-bond acceptors (Lipinski definition) is 9. The maximum atomic E-state index is 12.1. The number of aliphatic carboxylic acids is 1. The molecule has 3 atom stereocenters. The van der Waals surface area contributed by atoms with E-state index >= 15 is 0 Å². The van der Waals surface area contributed by atoms with Gasteiger partial charge in [0.05, 0.1) is 18.8 Å². The number of rotatable bonds is 14. The molecule has 2 aromatic carbocycles. The Morgan fingerprint density at radius 3 is 2.35 bits per heavy atom. The number of nitrogens with zero attached hydrogens (tertiary/aromatic N) is 2. The van der Waals surface area contributed by atoms with Gasteiger partial charge in [-0.3, -0.25) is 9.59 Å². The quantitative estimate of drug-likeness (QED) is 0.170. The van der Waals surface area contributed by atoms with E-state index in [2.05, 4.69) is 15.5 Å². The first-order valence-electron chi connectivity index (χ1n) is 13.4. The van der Waals surface area contributed by atoms with E-state index in [0.29, 0.717) is 32.2 Å². The molecular weight excluding hydrogens is 550 g/mol. The molecule has 0 spiro atoms. The van der Waals surface area contributed by atoms with Crippen LogP contribution in [0, 0.1) is 6.92 Å². The summed E-state index contributed by atoms with van der Waals surface area (Å²) in [7, 11) is 0. The monoisotopic (exact) mass is 585 g/mol. The topological polar surface area (TPSA) is 131 Å². The van der Waals surface area contributed by atoms with Gasteiger partial charge >= 0.3 is 5.97 Å². The first-order chi connectivity index (χ1) is 19.4. The highest BCUT2D eigenvalue weighted by Crippen LogP contribution is 2.39. The molecule has 0 aliphatic carbocycles. The maximum absolute atomic E-state index is 12.1. The Morgan fingerprint density at radius 2 is 1.68 bits per heavy atom. The largest absolute Gasteiger partial charge is 0.481 e. The molecule has 0 saturated carbocycles. The Balaban J connectivity index is 1.34. The number of hydrogen-bond donors (Lipinski definition) is 3. The van der Waals surface area contributed by atoms with E-state index in [1.165, 1.54) is 0 Å². The molecule has 1 amide bonds. The molecule has 2 heterocycles. The Kier molecular flexibility index (Phi) is 11.5. The number of carboxylic acid groups (broad SMARTS) is 1. The van der Waals surface area contributed by atoms with E-state index in [0.717, 1.165) is 43.8 Å². The second-order valence-electron chi connectivity index (χ2n) is 9.72. The zero-order valence-corrected chi connectivity index (χ0v) is 24.1. The average Bonchev–Trinajstić information content (AvgIpc) is 3.39. The van der Waals surface area contributed by atoms with E-state index < -0.39 is 12.3 Å². The lowest BCUT2D eigenvalue weighted by molar-refractivity contribution is -0.245. The molecule has 1 aliphatic heterocycles. The maximum Gasteiger partial charge on any atom is 0.303 e. The van der Waals surface area contributed by atoms with E-state index in [1.807, 2.05) is 55.5 Å². The molecule has 40 heavy (non-hydrogen) atoms. The number of aliphatic hydroxyl groups is 1. The lowest BCUT2D eigenvalue weighted by atomic mass is 10.0. The number of aryl methyl sites for hydroxylation is 1. The van der Waals surface area contributed by atoms with Crippen molar-refractivity contribution in [1.29, 1.82) is 0 Å². The summed E-state index contributed by atoms with van der Waals surface area (Å²) < 4.78 is 13.7. The number of aromatic nitrogens is 2. The Hall–Kier alpha value is -2.83. The van der Waals surface area contributed by atoms with Crippen molar-refractivity contribution in [1.82, 2.24) is 15.5 Å². The van der Waals surface area contributed by atoms with Crippen molar-refractivity contribution in [3.05, 3.63) is 75.8 Å². The lowest BCUT2D eigenvalue weighted by Gasteiger charge is -2.36. The number of carbonyl (C=O) groups is 2. The number of unbranched alkanes of at least 4 members (excludes halogenated alkanes) is 2. The molecule has 11 heteroatoms. The number of benzene rings is 2. The molecule has 1 aromatic heterocycles. The first kappa shape index (κ1) is 30.1. The highest BCUT2D eigenvalue weighted by Gasteiger charge is 2.32. The van der Waals surface area contributed by atoms with Crippen LogP contribution in [0.3, 0.4) is 0 Å². The van der Waals surface area contributed by atoms with E-state index in [4.69, 9.17) is 14.6 Å². The van der Waals surface area contributed by atoms with Gasteiger partial charge in [-0.15, -0.1) is 10.2 Å². The molecule has 1 fully saturated rings. The van der Waals surface area contributed by atoms with E-state index in [-0.39, 0.29) is 31.1 Å². The van der Waals surface area contributed by atoms with Gasteiger partial charge in [0.15, 0.2) is 10.6 Å². The van der Waals surface area contributed by atoms with Crippen LogP contribution < -0.4 is 5.32 Å². The van der Waals surface area contributed by atoms with Crippen LogP contribution in [-0.2, 0) is 32.2 Å². The van der Waals surface area contributed by atoms with Gasteiger partial charge in [0.2, 0.25) is 5.91 Å². The number of nitrogens with one attached hydrogen (secondary N) is 1. The molecule has 1 saturated heterocycles. The fourth-order valence-corrected chi connectivity index (χ4v) is 6.20.